The average molecular weight is 399 g/mol. The normalized spacial score (nSPS) is 13.8. The van der Waals surface area contributed by atoms with Crippen molar-refractivity contribution in [2.45, 2.75) is 13.8 Å². The number of rotatable bonds is 3. The van der Waals surface area contributed by atoms with E-state index in [2.05, 4.69) is 20.4 Å². The number of nitrogens with zero attached hydrogens (tertiary/aromatic N) is 6. The molecule has 30 heavy (non-hydrogen) atoms. The number of carbonyl (C=O) groups is 1. The number of aryl methyl sites for hydroxylation is 3. The molecule has 4 aromatic rings. The average Bonchev–Trinajstić information content (AvgIpc) is 3.31. The molecule has 8 heteroatoms. The first-order valence-corrected chi connectivity index (χ1v) is 9.79. The van der Waals surface area contributed by atoms with Crippen LogP contribution in [0.3, 0.4) is 0 Å². The molecule has 2 amide bonds. The standard InChI is InChI=1S/C22H21N7O/c1-13-10-25-21(11-24-13)17-9-20(18-12-28(3)27-14(18)2)26-19-8-15(4-5-16(17)19)29-7-6-23-22(29)30/h4-5,8-12H,6-7H2,1-3H3,(H,23,30). The number of aromatic nitrogens is 5. The second-order valence-corrected chi connectivity index (χ2v) is 7.48. The Balaban J connectivity index is 1.74. The summed E-state index contributed by atoms with van der Waals surface area (Å²) >= 11 is 0. The molecule has 1 aliphatic heterocycles. The Hall–Kier alpha value is -3.81. The predicted octanol–water partition coefficient (Wildman–Crippen LogP) is 3.24. The molecule has 1 saturated heterocycles. The zero-order valence-corrected chi connectivity index (χ0v) is 17.0. The van der Waals surface area contributed by atoms with E-state index in [4.69, 9.17) is 4.98 Å². The maximum Gasteiger partial charge on any atom is 0.321 e. The van der Waals surface area contributed by atoms with E-state index in [1.165, 1.54) is 0 Å². The summed E-state index contributed by atoms with van der Waals surface area (Å²) in [5.74, 6) is 0. The monoisotopic (exact) mass is 399 g/mol. The van der Waals surface area contributed by atoms with Crippen molar-refractivity contribution < 1.29 is 4.79 Å². The van der Waals surface area contributed by atoms with Gasteiger partial charge in [0.25, 0.3) is 0 Å². The van der Waals surface area contributed by atoms with Crippen molar-refractivity contribution in [3.63, 3.8) is 0 Å². The molecule has 0 bridgehead atoms. The van der Waals surface area contributed by atoms with Gasteiger partial charge in [0.15, 0.2) is 0 Å². The number of nitrogens with one attached hydrogen (secondary N) is 1. The van der Waals surface area contributed by atoms with Crippen LogP contribution in [0.15, 0.2) is 42.9 Å². The molecule has 8 nitrogen and oxygen atoms in total. The summed E-state index contributed by atoms with van der Waals surface area (Å²) in [6, 6.07) is 7.86. The van der Waals surface area contributed by atoms with E-state index in [1.807, 2.05) is 51.4 Å². The second kappa shape index (κ2) is 6.91. The van der Waals surface area contributed by atoms with Gasteiger partial charge < -0.3 is 5.32 Å². The Labute approximate surface area is 173 Å². The maximum atomic E-state index is 12.1. The van der Waals surface area contributed by atoms with Gasteiger partial charge in [-0.15, -0.1) is 0 Å². The Morgan fingerprint density at radius 2 is 1.90 bits per heavy atom. The van der Waals surface area contributed by atoms with Crippen molar-refractivity contribution in [3.8, 4) is 22.5 Å². The summed E-state index contributed by atoms with van der Waals surface area (Å²) in [7, 11) is 1.90. The lowest BCUT2D eigenvalue weighted by Gasteiger charge is -2.16. The SMILES string of the molecule is Cc1cnc(-c2cc(-c3cn(C)nc3C)nc3cc(N4CCNC4=O)ccc23)cn1. The molecule has 150 valence electrons. The fourth-order valence-corrected chi connectivity index (χ4v) is 3.84. The Morgan fingerprint density at radius 3 is 2.57 bits per heavy atom. The van der Waals surface area contributed by atoms with Crippen LogP contribution in [0.25, 0.3) is 33.4 Å². The molecule has 1 N–H and O–H groups in total. The number of amides is 2. The van der Waals surface area contributed by atoms with E-state index in [-0.39, 0.29) is 6.03 Å². The molecule has 0 atom stereocenters. The molecule has 0 unspecified atom stereocenters. The van der Waals surface area contributed by atoms with Crippen molar-refractivity contribution in [2.24, 2.45) is 7.05 Å². The maximum absolute atomic E-state index is 12.1. The Kier molecular flexibility index (Phi) is 4.20. The molecule has 0 spiro atoms. The third-order valence-corrected chi connectivity index (χ3v) is 5.31. The largest absolute Gasteiger partial charge is 0.336 e. The molecule has 1 aliphatic rings. The summed E-state index contributed by atoms with van der Waals surface area (Å²) in [4.78, 5) is 27.8. The van der Waals surface area contributed by atoms with Gasteiger partial charge in [-0.3, -0.25) is 19.5 Å². The molecule has 0 saturated carbocycles. The van der Waals surface area contributed by atoms with Crippen molar-refractivity contribution in [2.75, 3.05) is 18.0 Å². The minimum Gasteiger partial charge on any atom is -0.336 e. The van der Waals surface area contributed by atoms with Gasteiger partial charge in [0.2, 0.25) is 0 Å². The van der Waals surface area contributed by atoms with Crippen LogP contribution in [0.2, 0.25) is 0 Å². The number of urea groups is 1. The van der Waals surface area contributed by atoms with Crippen molar-refractivity contribution in [1.29, 1.82) is 0 Å². The molecule has 0 radical (unpaired) electrons. The lowest BCUT2D eigenvalue weighted by molar-refractivity contribution is 0.252. The zero-order valence-electron chi connectivity index (χ0n) is 17.0. The van der Waals surface area contributed by atoms with Crippen LogP contribution in [-0.2, 0) is 7.05 Å². The first-order valence-electron chi connectivity index (χ1n) is 9.79. The Bertz CT molecular complexity index is 1280. The van der Waals surface area contributed by atoms with Crippen LogP contribution in [0.4, 0.5) is 10.5 Å². The van der Waals surface area contributed by atoms with Crippen molar-refractivity contribution >= 4 is 22.6 Å². The topological polar surface area (TPSA) is 88.8 Å². The fourth-order valence-electron chi connectivity index (χ4n) is 3.84. The van der Waals surface area contributed by atoms with Gasteiger partial charge >= 0.3 is 6.03 Å². The predicted molar refractivity (Wildman–Crippen MR) is 115 cm³/mol. The molecular weight excluding hydrogens is 378 g/mol. The minimum absolute atomic E-state index is 0.0850. The van der Waals surface area contributed by atoms with E-state index in [0.29, 0.717) is 13.1 Å². The molecule has 3 aromatic heterocycles. The van der Waals surface area contributed by atoms with Gasteiger partial charge in [-0.05, 0) is 32.0 Å². The quantitative estimate of drug-likeness (QED) is 0.571. The number of pyridine rings is 1. The van der Waals surface area contributed by atoms with Gasteiger partial charge in [0.05, 0.1) is 34.5 Å². The van der Waals surface area contributed by atoms with E-state index < -0.39 is 0 Å². The number of anilines is 1. The highest BCUT2D eigenvalue weighted by Crippen LogP contribution is 2.34. The summed E-state index contributed by atoms with van der Waals surface area (Å²) in [5, 5.41) is 8.26. The number of carbonyl (C=O) groups excluding carboxylic acids is 1. The smallest absolute Gasteiger partial charge is 0.321 e. The highest BCUT2D eigenvalue weighted by molar-refractivity contribution is 6.00. The van der Waals surface area contributed by atoms with Crippen molar-refractivity contribution in [3.05, 3.63) is 54.2 Å². The van der Waals surface area contributed by atoms with E-state index in [9.17, 15) is 4.79 Å². The minimum atomic E-state index is -0.0850. The number of hydrogen-bond donors (Lipinski definition) is 1. The third-order valence-electron chi connectivity index (χ3n) is 5.31. The lowest BCUT2D eigenvalue weighted by atomic mass is 10.0. The van der Waals surface area contributed by atoms with Gasteiger partial charge in [-0.1, -0.05) is 6.07 Å². The summed E-state index contributed by atoms with van der Waals surface area (Å²) in [5.41, 5.74) is 6.89. The van der Waals surface area contributed by atoms with Crippen LogP contribution < -0.4 is 10.2 Å². The van der Waals surface area contributed by atoms with Crippen molar-refractivity contribution in [1.82, 2.24) is 30.0 Å². The van der Waals surface area contributed by atoms with Gasteiger partial charge in [-0.2, -0.15) is 5.10 Å². The second-order valence-electron chi connectivity index (χ2n) is 7.48. The highest BCUT2D eigenvalue weighted by Gasteiger charge is 2.22. The van der Waals surface area contributed by atoms with Gasteiger partial charge in [0, 0.05) is 54.7 Å². The van der Waals surface area contributed by atoms with Gasteiger partial charge in [-0.25, -0.2) is 9.78 Å². The number of fused-ring (bicyclic) bond motifs is 1. The first-order chi connectivity index (χ1) is 14.5. The first kappa shape index (κ1) is 18.2. The third kappa shape index (κ3) is 3.06. The van der Waals surface area contributed by atoms with E-state index >= 15 is 0 Å². The van der Waals surface area contributed by atoms with Crippen LogP contribution >= 0.6 is 0 Å². The lowest BCUT2D eigenvalue weighted by Crippen LogP contribution is -2.27. The fraction of sp³-hybridized carbons (Fsp3) is 0.227. The summed E-state index contributed by atoms with van der Waals surface area (Å²) in [6.07, 6.45) is 5.51. The molecular formula is C22H21N7O. The molecule has 0 aliphatic carbocycles. The van der Waals surface area contributed by atoms with Crippen LogP contribution in [-0.4, -0.2) is 43.9 Å². The molecule has 1 fully saturated rings. The van der Waals surface area contributed by atoms with E-state index in [0.717, 1.165) is 50.5 Å². The summed E-state index contributed by atoms with van der Waals surface area (Å²) in [6.45, 7) is 5.17. The van der Waals surface area contributed by atoms with E-state index in [1.54, 1.807) is 22.0 Å². The Morgan fingerprint density at radius 1 is 1.03 bits per heavy atom. The summed E-state index contributed by atoms with van der Waals surface area (Å²) < 4.78 is 1.78. The molecule has 1 aromatic carbocycles. The number of benzene rings is 1. The van der Waals surface area contributed by atoms with Crippen LogP contribution in [0, 0.1) is 13.8 Å². The molecule has 5 rings (SSSR count). The molecule has 4 heterocycles. The van der Waals surface area contributed by atoms with Crippen LogP contribution in [0.5, 0.6) is 0 Å². The van der Waals surface area contributed by atoms with Gasteiger partial charge in [0.1, 0.15) is 0 Å². The van der Waals surface area contributed by atoms with Crippen LogP contribution in [0.1, 0.15) is 11.4 Å². The highest BCUT2D eigenvalue weighted by atomic mass is 16.2. The number of hydrogen-bond acceptors (Lipinski definition) is 5. The zero-order chi connectivity index (χ0) is 20.8.